The van der Waals surface area contributed by atoms with E-state index in [9.17, 15) is 14.7 Å². The van der Waals surface area contributed by atoms with Gasteiger partial charge in [0.05, 0.1) is 11.7 Å². The lowest BCUT2D eigenvalue weighted by Gasteiger charge is -2.15. The molecule has 1 aliphatic rings. The predicted molar refractivity (Wildman–Crippen MR) is 97.4 cm³/mol. The number of aryl methyl sites for hydroxylation is 2. The maximum atomic E-state index is 12.9. The zero-order valence-electron chi connectivity index (χ0n) is 13.7. The van der Waals surface area contributed by atoms with Crippen LogP contribution in [0.4, 0.5) is 5.69 Å². The van der Waals surface area contributed by atoms with Crippen molar-refractivity contribution in [2.24, 2.45) is 0 Å². The van der Waals surface area contributed by atoms with Crippen molar-refractivity contribution < 1.29 is 9.90 Å². The largest absolute Gasteiger partial charge is 0.508 e. The van der Waals surface area contributed by atoms with Crippen LogP contribution in [0.15, 0.2) is 35.4 Å². The van der Waals surface area contributed by atoms with E-state index in [0.29, 0.717) is 11.1 Å². The highest BCUT2D eigenvalue weighted by Gasteiger charge is 2.24. The number of rotatable bonds is 3. The number of hydrogen-bond donors (Lipinski definition) is 2. The Hall–Kier alpha value is -2.67. The van der Waals surface area contributed by atoms with Crippen LogP contribution < -0.4 is 10.9 Å². The van der Waals surface area contributed by atoms with E-state index in [1.54, 1.807) is 30.4 Å². The van der Waals surface area contributed by atoms with Crippen LogP contribution in [-0.2, 0) is 17.6 Å². The fourth-order valence-electron chi connectivity index (χ4n) is 3.19. The van der Waals surface area contributed by atoms with E-state index in [2.05, 4.69) is 10.3 Å². The van der Waals surface area contributed by atoms with E-state index >= 15 is 0 Å². The van der Waals surface area contributed by atoms with E-state index in [0.717, 1.165) is 29.7 Å². The van der Waals surface area contributed by atoms with Gasteiger partial charge in [-0.05, 0) is 56.0 Å². The number of thiophene rings is 1. The predicted octanol–water partition coefficient (Wildman–Crippen LogP) is 2.85. The number of carbonyl (C=O) groups is 1. The van der Waals surface area contributed by atoms with E-state index in [-0.39, 0.29) is 17.2 Å². The molecule has 1 aromatic carbocycles. The number of benzene rings is 1. The molecule has 1 aliphatic carbocycles. The topological polar surface area (TPSA) is 84.2 Å². The molecule has 0 saturated carbocycles. The van der Waals surface area contributed by atoms with Crippen molar-refractivity contribution in [3.05, 3.63) is 51.4 Å². The molecule has 0 bridgehead atoms. The van der Waals surface area contributed by atoms with Crippen LogP contribution in [0, 0.1) is 0 Å². The molecule has 1 unspecified atom stereocenters. The number of nitrogens with one attached hydrogen (secondary N) is 1. The summed E-state index contributed by atoms with van der Waals surface area (Å²) in [5, 5.41) is 12.7. The highest BCUT2D eigenvalue weighted by Crippen LogP contribution is 2.34. The van der Waals surface area contributed by atoms with Gasteiger partial charge in [0.1, 0.15) is 16.6 Å². The van der Waals surface area contributed by atoms with Crippen molar-refractivity contribution in [2.75, 3.05) is 5.32 Å². The summed E-state index contributed by atoms with van der Waals surface area (Å²) in [5.74, 6) is -0.177. The number of fused-ring (bicyclic) bond motifs is 3. The first-order valence-corrected chi connectivity index (χ1v) is 8.97. The molecular weight excluding hydrogens is 338 g/mol. The zero-order valence-corrected chi connectivity index (χ0v) is 14.5. The second-order valence-electron chi connectivity index (χ2n) is 6.21. The van der Waals surface area contributed by atoms with Gasteiger partial charge in [0, 0.05) is 10.6 Å². The monoisotopic (exact) mass is 355 g/mol. The summed E-state index contributed by atoms with van der Waals surface area (Å²) in [6.45, 7) is 1.68. The Labute approximate surface area is 147 Å². The first-order chi connectivity index (χ1) is 12.0. The summed E-state index contributed by atoms with van der Waals surface area (Å²) in [6, 6.07) is 5.52. The molecule has 4 rings (SSSR count). The quantitative estimate of drug-likeness (QED) is 0.708. The maximum absolute atomic E-state index is 12.9. The second-order valence-corrected chi connectivity index (χ2v) is 7.29. The summed E-state index contributed by atoms with van der Waals surface area (Å²) < 4.78 is 1.39. The molecule has 0 radical (unpaired) electrons. The highest BCUT2D eigenvalue weighted by atomic mass is 32.1. The van der Waals surface area contributed by atoms with Gasteiger partial charge >= 0.3 is 0 Å². The van der Waals surface area contributed by atoms with Gasteiger partial charge in [0.15, 0.2) is 0 Å². The molecule has 0 aliphatic heterocycles. The molecule has 7 heteroatoms. The van der Waals surface area contributed by atoms with Gasteiger partial charge in [-0.15, -0.1) is 11.3 Å². The van der Waals surface area contributed by atoms with Crippen LogP contribution in [-0.4, -0.2) is 20.6 Å². The van der Waals surface area contributed by atoms with Crippen LogP contribution in [0.3, 0.4) is 0 Å². The minimum atomic E-state index is -0.685. The fraction of sp³-hybridized carbons (Fsp3) is 0.278. The summed E-state index contributed by atoms with van der Waals surface area (Å²) in [7, 11) is 0. The fourth-order valence-corrected chi connectivity index (χ4v) is 4.41. The van der Waals surface area contributed by atoms with Crippen molar-refractivity contribution in [3.63, 3.8) is 0 Å². The van der Waals surface area contributed by atoms with Crippen molar-refractivity contribution >= 4 is 33.1 Å². The van der Waals surface area contributed by atoms with E-state index in [1.807, 2.05) is 0 Å². The molecule has 1 amide bonds. The molecule has 128 valence electrons. The third-order valence-corrected chi connectivity index (χ3v) is 5.78. The smallest absolute Gasteiger partial charge is 0.263 e. The number of amides is 1. The summed E-state index contributed by atoms with van der Waals surface area (Å²) in [4.78, 5) is 31.8. The van der Waals surface area contributed by atoms with Crippen LogP contribution in [0.2, 0.25) is 0 Å². The van der Waals surface area contributed by atoms with Gasteiger partial charge in [-0.3, -0.25) is 14.2 Å². The molecular formula is C18H17N3O3S. The Morgan fingerprint density at radius 1 is 1.32 bits per heavy atom. The minimum absolute atomic E-state index is 0.128. The SMILES string of the molecule is CC(C(=O)Nc1ccc(O)cc1)n1cnc2sc3c(c2c1=O)CCC3. The van der Waals surface area contributed by atoms with Gasteiger partial charge in [0.25, 0.3) is 5.56 Å². The van der Waals surface area contributed by atoms with E-state index in [4.69, 9.17) is 0 Å². The summed E-state index contributed by atoms with van der Waals surface area (Å²) in [5.41, 5.74) is 1.52. The van der Waals surface area contributed by atoms with E-state index < -0.39 is 6.04 Å². The van der Waals surface area contributed by atoms with Crippen LogP contribution >= 0.6 is 11.3 Å². The van der Waals surface area contributed by atoms with Gasteiger partial charge in [-0.2, -0.15) is 0 Å². The van der Waals surface area contributed by atoms with Crippen molar-refractivity contribution in [1.29, 1.82) is 0 Å². The minimum Gasteiger partial charge on any atom is -0.508 e. The molecule has 2 aromatic heterocycles. The highest BCUT2D eigenvalue weighted by molar-refractivity contribution is 7.18. The van der Waals surface area contributed by atoms with Gasteiger partial charge in [-0.25, -0.2) is 4.98 Å². The van der Waals surface area contributed by atoms with Gasteiger partial charge in [-0.1, -0.05) is 0 Å². The first-order valence-electron chi connectivity index (χ1n) is 8.16. The molecule has 2 N–H and O–H groups in total. The Kier molecular flexibility index (Phi) is 3.80. The Balaban J connectivity index is 1.66. The third-order valence-electron chi connectivity index (χ3n) is 4.58. The number of hydrogen-bond acceptors (Lipinski definition) is 5. The molecule has 3 aromatic rings. The molecule has 2 heterocycles. The molecule has 1 atom stereocenters. The second kappa shape index (κ2) is 6.00. The Morgan fingerprint density at radius 3 is 2.84 bits per heavy atom. The lowest BCUT2D eigenvalue weighted by atomic mass is 10.2. The number of aromatic nitrogens is 2. The number of carbonyl (C=O) groups excluding carboxylic acids is 1. The van der Waals surface area contributed by atoms with Crippen molar-refractivity contribution in [3.8, 4) is 5.75 Å². The molecule has 25 heavy (non-hydrogen) atoms. The lowest BCUT2D eigenvalue weighted by Crippen LogP contribution is -2.31. The average molecular weight is 355 g/mol. The number of nitrogens with zero attached hydrogens (tertiary/aromatic N) is 2. The van der Waals surface area contributed by atoms with Crippen molar-refractivity contribution in [2.45, 2.75) is 32.2 Å². The number of phenols is 1. The standard InChI is InChI=1S/C18H17N3O3S/c1-10(16(23)20-11-5-7-12(22)8-6-11)21-9-19-17-15(18(21)24)13-3-2-4-14(13)25-17/h5-10,22H,2-4H2,1H3,(H,20,23). The molecule has 0 fully saturated rings. The molecule has 0 saturated heterocycles. The lowest BCUT2D eigenvalue weighted by molar-refractivity contribution is -0.118. The Morgan fingerprint density at radius 2 is 2.08 bits per heavy atom. The van der Waals surface area contributed by atoms with Crippen LogP contribution in [0.25, 0.3) is 10.2 Å². The normalized spacial score (nSPS) is 14.4. The average Bonchev–Trinajstić information content (AvgIpc) is 3.17. The number of phenolic OH excluding ortho intramolecular Hbond substituents is 1. The number of aromatic hydroxyl groups is 1. The molecule has 6 nitrogen and oxygen atoms in total. The van der Waals surface area contributed by atoms with Crippen LogP contribution in [0.1, 0.15) is 29.8 Å². The van der Waals surface area contributed by atoms with Gasteiger partial charge in [0.2, 0.25) is 5.91 Å². The Bertz CT molecular complexity index is 1020. The van der Waals surface area contributed by atoms with Crippen molar-refractivity contribution in [1.82, 2.24) is 9.55 Å². The molecule has 0 spiro atoms. The van der Waals surface area contributed by atoms with Crippen LogP contribution in [0.5, 0.6) is 5.75 Å². The summed E-state index contributed by atoms with van der Waals surface area (Å²) >= 11 is 1.58. The van der Waals surface area contributed by atoms with Gasteiger partial charge < -0.3 is 10.4 Å². The maximum Gasteiger partial charge on any atom is 0.263 e. The summed E-state index contributed by atoms with van der Waals surface area (Å²) in [6.07, 6.45) is 4.44. The third kappa shape index (κ3) is 2.70. The zero-order chi connectivity index (χ0) is 17.6. The number of anilines is 1. The first kappa shape index (κ1) is 15.8. The van der Waals surface area contributed by atoms with E-state index in [1.165, 1.54) is 27.9 Å².